The minimum absolute atomic E-state index is 0.242. The molecule has 0 heterocycles. The second-order valence-electron chi connectivity index (χ2n) is 5.86. The fraction of sp³-hybridized carbons (Fsp3) is 0.294. The summed E-state index contributed by atoms with van der Waals surface area (Å²) in [7, 11) is -2.13. The van der Waals surface area contributed by atoms with Crippen molar-refractivity contribution in [2.45, 2.75) is 15.8 Å². The van der Waals surface area contributed by atoms with Crippen LogP contribution in [0.15, 0.2) is 70.5 Å². The lowest BCUT2D eigenvalue weighted by atomic mass is 10.4. The van der Waals surface area contributed by atoms with E-state index in [9.17, 15) is 16.8 Å². The van der Waals surface area contributed by atoms with Crippen LogP contribution in [0.25, 0.3) is 0 Å². The maximum atomic E-state index is 12.5. The Morgan fingerprint density at radius 2 is 1.08 bits per heavy atom. The third-order valence-corrected chi connectivity index (χ3v) is 9.97. The van der Waals surface area contributed by atoms with Crippen molar-refractivity contribution in [3.8, 4) is 0 Å². The standard InChI is InChI=1S/C17H21NO4S4/c1-18(2)15(13-25(19,20)23-16-9-5-3-6-10-16)14-26(21,22)24-17-11-7-4-8-12-17/h3-12,15H,13-14H2,1-2H3. The van der Waals surface area contributed by atoms with E-state index in [2.05, 4.69) is 0 Å². The van der Waals surface area contributed by atoms with E-state index in [0.717, 1.165) is 21.6 Å². The first-order chi connectivity index (χ1) is 12.2. The van der Waals surface area contributed by atoms with Crippen molar-refractivity contribution in [1.29, 1.82) is 0 Å². The molecule has 5 nitrogen and oxygen atoms in total. The van der Waals surface area contributed by atoms with Gasteiger partial charge in [0.05, 0.1) is 11.5 Å². The van der Waals surface area contributed by atoms with E-state index in [4.69, 9.17) is 0 Å². The van der Waals surface area contributed by atoms with Crippen molar-refractivity contribution in [3.63, 3.8) is 0 Å². The molecule has 26 heavy (non-hydrogen) atoms. The predicted molar refractivity (Wildman–Crippen MR) is 110 cm³/mol. The Balaban J connectivity index is 2.08. The van der Waals surface area contributed by atoms with Crippen LogP contribution in [-0.2, 0) is 17.7 Å². The van der Waals surface area contributed by atoms with Crippen molar-refractivity contribution in [2.24, 2.45) is 0 Å². The molecule has 9 heteroatoms. The molecule has 0 aliphatic heterocycles. The van der Waals surface area contributed by atoms with Gasteiger partial charge in [-0.1, -0.05) is 36.4 Å². The summed E-state index contributed by atoms with van der Waals surface area (Å²) < 4.78 is 50.0. The molecule has 142 valence electrons. The first-order valence-electron chi connectivity index (χ1n) is 7.78. The number of rotatable bonds is 9. The number of benzene rings is 2. The lowest BCUT2D eigenvalue weighted by Crippen LogP contribution is -2.39. The minimum Gasteiger partial charge on any atom is -0.304 e. The summed E-state index contributed by atoms with van der Waals surface area (Å²) >= 11 is 0. The molecule has 0 N–H and O–H groups in total. The van der Waals surface area contributed by atoms with Crippen LogP contribution in [0.5, 0.6) is 0 Å². The van der Waals surface area contributed by atoms with Gasteiger partial charge in [0.15, 0.2) is 0 Å². The van der Waals surface area contributed by atoms with Gasteiger partial charge in [0.1, 0.15) is 0 Å². The largest absolute Gasteiger partial charge is 0.304 e. The van der Waals surface area contributed by atoms with Gasteiger partial charge in [-0.25, -0.2) is 16.8 Å². The average Bonchev–Trinajstić information content (AvgIpc) is 2.54. The van der Waals surface area contributed by atoms with Crippen LogP contribution in [0.1, 0.15) is 0 Å². The molecule has 0 aliphatic carbocycles. The summed E-state index contributed by atoms with van der Waals surface area (Å²) in [5.41, 5.74) is 0. The van der Waals surface area contributed by atoms with Crippen LogP contribution in [0, 0.1) is 0 Å². The third-order valence-electron chi connectivity index (χ3n) is 3.46. The van der Waals surface area contributed by atoms with Crippen LogP contribution >= 0.6 is 21.6 Å². The summed E-state index contributed by atoms with van der Waals surface area (Å²) in [6.07, 6.45) is 0. The topological polar surface area (TPSA) is 71.5 Å². The van der Waals surface area contributed by atoms with Crippen LogP contribution in [0.3, 0.4) is 0 Å². The smallest absolute Gasteiger partial charge is 0.207 e. The molecule has 0 fully saturated rings. The summed E-state index contributed by atoms with van der Waals surface area (Å²) in [6.45, 7) is 0. The molecule has 0 aliphatic rings. The molecule has 0 bridgehead atoms. The average molecular weight is 432 g/mol. The lowest BCUT2D eigenvalue weighted by Gasteiger charge is -2.23. The Hall–Kier alpha value is -1.00. The molecule has 0 amide bonds. The van der Waals surface area contributed by atoms with E-state index in [1.54, 1.807) is 67.5 Å². The molecule has 0 saturated heterocycles. The second-order valence-corrected chi connectivity index (χ2v) is 14.1. The van der Waals surface area contributed by atoms with Crippen LogP contribution in [0.4, 0.5) is 0 Å². The van der Waals surface area contributed by atoms with E-state index >= 15 is 0 Å². The summed E-state index contributed by atoms with van der Waals surface area (Å²) in [4.78, 5) is 2.88. The Morgan fingerprint density at radius 3 is 1.38 bits per heavy atom. The van der Waals surface area contributed by atoms with Gasteiger partial charge in [0.25, 0.3) is 0 Å². The monoisotopic (exact) mass is 431 g/mol. The van der Waals surface area contributed by atoms with Crippen molar-refractivity contribution in [2.75, 3.05) is 25.6 Å². The van der Waals surface area contributed by atoms with Gasteiger partial charge < -0.3 is 4.90 Å². The van der Waals surface area contributed by atoms with Gasteiger partial charge in [0.2, 0.25) is 17.7 Å². The minimum atomic E-state index is -3.52. The highest BCUT2D eigenvalue weighted by Crippen LogP contribution is 2.29. The Morgan fingerprint density at radius 1 is 0.731 bits per heavy atom. The van der Waals surface area contributed by atoms with E-state index in [1.165, 1.54) is 0 Å². The fourth-order valence-electron chi connectivity index (χ4n) is 2.13. The highest BCUT2D eigenvalue weighted by atomic mass is 33.1. The van der Waals surface area contributed by atoms with Crippen LogP contribution in [0.2, 0.25) is 0 Å². The molecule has 2 aromatic rings. The predicted octanol–water partition coefficient (Wildman–Crippen LogP) is 3.16. The van der Waals surface area contributed by atoms with Gasteiger partial charge in [0, 0.05) is 37.4 Å². The molecular weight excluding hydrogens is 410 g/mol. The quantitative estimate of drug-likeness (QED) is 0.565. The van der Waals surface area contributed by atoms with Crippen molar-refractivity contribution in [1.82, 2.24) is 4.90 Å². The molecule has 0 aromatic heterocycles. The SMILES string of the molecule is CN(C)C(CS(=O)(=O)Sc1ccccc1)CS(=O)(=O)Sc1ccccc1. The highest BCUT2D eigenvalue weighted by Gasteiger charge is 2.28. The summed E-state index contributed by atoms with van der Waals surface area (Å²) in [6, 6.07) is 16.9. The Kier molecular flexibility index (Phi) is 7.60. The molecule has 0 atom stereocenters. The first-order valence-corrected chi connectivity index (χ1v) is 13.7. The third kappa shape index (κ3) is 7.32. The van der Waals surface area contributed by atoms with E-state index < -0.39 is 23.8 Å². The Labute approximate surface area is 162 Å². The highest BCUT2D eigenvalue weighted by molar-refractivity contribution is 8.72. The zero-order chi connectivity index (χ0) is 19.2. The second kappa shape index (κ2) is 9.27. The number of nitrogens with zero attached hydrogens (tertiary/aromatic N) is 1. The zero-order valence-electron chi connectivity index (χ0n) is 14.5. The molecule has 0 spiro atoms. The molecule has 2 aromatic carbocycles. The van der Waals surface area contributed by atoms with Gasteiger partial charge >= 0.3 is 0 Å². The maximum Gasteiger partial charge on any atom is 0.207 e. The molecule has 0 saturated carbocycles. The Bertz CT molecular complexity index is 825. The summed E-state index contributed by atoms with van der Waals surface area (Å²) in [5.74, 6) is -0.484. The number of hydrogen-bond donors (Lipinski definition) is 0. The molecule has 2 rings (SSSR count). The van der Waals surface area contributed by atoms with Crippen molar-refractivity contribution >= 4 is 39.3 Å². The van der Waals surface area contributed by atoms with E-state index in [-0.39, 0.29) is 11.5 Å². The molecular formula is C17H21NO4S4. The van der Waals surface area contributed by atoms with Crippen LogP contribution < -0.4 is 0 Å². The fourth-order valence-corrected chi connectivity index (χ4v) is 9.09. The molecule has 0 radical (unpaired) electrons. The van der Waals surface area contributed by atoms with Gasteiger partial charge in [-0.3, -0.25) is 0 Å². The normalized spacial score (nSPS) is 12.6. The first kappa shape index (κ1) is 21.3. The molecule has 0 unspecified atom stereocenters. The van der Waals surface area contributed by atoms with Crippen LogP contribution in [-0.4, -0.2) is 53.4 Å². The van der Waals surface area contributed by atoms with Gasteiger partial charge in [-0.15, -0.1) is 0 Å². The van der Waals surface area contributed by atoms with Crippen molar-refractivity contribution in [3.05, 3.63) is 60.7 Å². The maximum absolute atomic E-state index is 12.5. The van der Waals surface area contributed by atoms with Gasteiger partial charge in [-0.05, 0) is 38.4 Å². The van der Waals surface area contributed by atoms with Gasteiger partial charge in [-0.2, -0.15) is 0 Å². The van der Waals surface area contributed by atoms with Crippen molar-refractivity contribution < 1.29 is 16.8 Å². The zero-order valence-corrected chi connectivity index (χ0v) is 17.7. The lowest BCUT2D eigenvalue weighted by molar-refractivity contribution is 0.338. The number of hydrogen-bond acceptors (Lipinski definition) is 7. The summed E-state index contributed by atoms with van der Waals surface area (Å²) in [5, 5.41) is 0. The van der Waals surface area contributed by atoms with E-state index in [1.807, 2.05) is 12.1 Å². The van der Waals surface area contributed by atoms with E-state index in [0.29, 0.717) is 9.79 Å².